The van der Waals surface area contributed by atoms with E-state index in [0.717, 1.165) is 5.56 Å². The molecule has 1 unspecified atom stereocenters. The van der Waals surface area contributed by atoms with E-state index >= 15 is 0 Å². The summed E-state index contributed by atoms with van der Waals surface area (Å²) >= 11 is 0. The van der Waals surface area contributed by atoms with Gasteiger partial charge in [-0.05, 0) is 31.4 Å². The molecule has 0 radical (unpaired) electrons. The first kappa shape index (κ1) is 15.4. The Labute approximate surface area is 113 Å². The molecule has 0 fully saturated rings. The van der Waals surface area contributed by atoms with Crippen LogP contribution in [0, 0.1) is 0 Å². The van der Waals surface area contributed by atoms with Crippen LogP contribution >= 0.6 is 0 Å². The van der Waals surface area contributed by atoms with Gasteiger partial charge >= 0.3 is 5.97 Å². The van der Waals surface area contributed by atoms with Gasteiger partial charge in [0.2, 0.25) is 0 Å². The van der Waals surface area contributed by atoms with Crippen molar-refractivity contribution in [3.8, 4) is 0 Å². The van der Waals surface area contributed by atoms with Crippen LogP contribution in [-0.4, -0.2) is 30.6 Å². The molecule has 0 heterocycles. The number of methoxy groups -OCH3 is 1. The maximum atomic E-state index is 11.7. The first-order valence-electron chi connectivity index (χ1n) is 6.37. The standard InChI is InChI=1S/C15H20O4/c1-11(17)6-5-7-12(10-16)13-8-3-4-9-14(13)15(18)19-2/h3-4,8-9,12,16H,5-7,10H2,1-2H3. The molecule has 4 heteroatoms. The zero-order valence-corrected chi connectivity index (χ0v) is 11.4. The number of carbonyl (C=O) groups excluding carboxylic acids is 2. The minimum absolute atomic E-state index is 0.0497. The lowest BCUT2D eigenvalue weighted by Gasteiger charge is -2.17. The molecule has 0 amide bonds. The minimum atomic E-state index is -0.402. The Balaban J connectivity index is 2.85. The van der Waals surface area contributed by atoms with Crippen LogP contribution in [0.25, 0.3) is 0 Å². The van der Waals surface area contributed by atoms with Gasteiger partial charge in [-0.25, -0.2) is 4.79 Å². The molecule has 0 saturated carbocycles. The summed E-state index contributed by atoms with van der Waals surface area (Å²) in [5.41, 5.74) is 1.26. The van der Waals surface area contributed by atoms with Gasteiger partial charge in [0, 0.05) is 18.9 Å². The maximum absolute atomic E-state index is 11.7. The van der Waals surface area contributed by atoms with Crippen molar-refractivity contribution in [1.82, 2.24) is 0 Å². The molecule has 1 aromatic carbocycles. The van der Waals surface area contributed by atoms with E-state index < -0.39 is 5.97 Å². The molecule has 19 heavy (non-hydrogen) atoms. The molecule has 0 saturated heterocycles. The molecule has 0 aliphatic heterocycles. The van der Waals surface area contributed by atoms with Crippen LogP contribution in [0.1, 0.15) is 48.0 Å². The number of Topliss-reactive ketones (excluding diaryl/α,β-unsaturated/α-hetero) is 1. The molecule has 1 atom stereocenters. The summed E-state index contributed by atoms with van der Waals surface area (Å²) in [5, 5.41) is 9.49. The van der Waals surface area contributed by atoms with Crippen LogP contribution in [0.2, 0.25) is 0 Å². The fraction of sp³-hybridized carbons (Fsp3) is 0.467. The quantitative estimate of drug-likeness (QED) is 0.768. The van der Waals surface area contributed by atoms with Crippen molar-refractivity contribution in [3.05, 3.63) is 35.4 Å². The Kier molecular flexibility index (Phi) is 6.22. The topological polar surface area (TPSA) is 63.6 Å². The van der Waals surface area contributed by atoms with E-state index in [1.165, 1.54) is 7.11 Å². The van der Waals surface area contributed by atoms with Crippen molar-refractivity contribution in [2.45, 2.75) is 32.1 Å². The number of benzene rings is 1. The Bertz CT molecular complexity index is 440. The van der Waals surface area contributed by atoms with Crippen molar-refractivity contribution in [3.63, 3.8) is 0 Å². The maximum Gasteiger partial charge on any atom is 0.338 e. The van der Waals surface area contributed by atoms with Crippen LogP contribution in [0.4, 0.5) is 0 Å². The predicted octanol–water partition coefficient (Wildman–Crippen LogP) is 2.31. The van der Waals surface area contributed by atoms with Gasteiger partial charge in [0.25, 0.3) is 0 Å². The lowest BCUT2D eigenvalue weighted by Crippen LogP contribution is -2.12. The SMILES string of the molecule is COC(=O)c1ccccc1C(CO)CCCC(C)=O. The number of carbonyl (C=O) groups is 2. The molecule has 4 nitrogen and oxygen atoms in total. The Morgan fingerprint density at radius 2 is 2.00 bits per heavy atom. The molecule has 0 bridgehead atoms. The molecule has 0 aliphatic rings. The van der Waals surface area contributed by atoms with Crippen LogP contribution in [0.3, 0.4) is 0 Å². The molecular weight excluding hydrogens is 244 g/mol. The number of ether oxygens (including phenoxy) is 1. The van der Waals surface area contributed by atoms with Gasteiger partial charge in [-0.1, -0.05) is 18.2 Å². The van der Waals surface area contributed by atoms with Gasteiger partial charge in [-0.3, -0.25) is 0 Å². The Morgan fingerprint density at radius 3 is 2.58 bits per heavy atom. The molecule has 104 valence electrons. The van der Waals surface area contributed by atoms with Crippen molar-refractivity contribution in [2.75, 3.05) is 13.7 Å². The van der Waals surface area contributed by atoms with Gasteiger partial charge in [0.05, 0.1) is 12.7 Å². The second-order valence-corrected chi connectivity index (χ2v) is 4.55. The summed E-state index contributed by atoms with van der Waals surface area (Å²) in [6.45, 7) is 1.50. The number of hydrogen-bond donors (Lipinski definition) is 1. The van der Waals surface area contributed by atoms with Crippen LogP contribution < -0.4 is 0 Å². The van der Waals surface area contributed by atoms with Gasteiger partial charge in [-0.2, -0.15) is 0 Å². The van der Waals surface area contributed by atoms with Gasteiger partial charge < -0.3 is 14.6 Å². The van der Waals surface area contributed by atoms with E-state index in [9.17, 15) is 14.7 Å². The normalized spacial score (nSPS) is 11.9. The summed E-state index contributed by atoms with van der Waals surface area (Å²) in [6, 6.07) is 7.10. The largest absolute Gasteiger partial charge is 0.465 e. The third-order valence-electron chi connectivity index (χ3n) is 3.11. The molecule has 0 aliphatic carbocycles. The molecule has 1 aromatic rings. The zero-order chi connectivity index (χ0) is 14.3. The minimum Gasteiger partial charge on any atom is -0.465 e. The highest BCUT2D eigenvalue weighted by atomic mass is 16.5. The molecule has 1 N–H and O–H groups in total. The number of aliphatic hydroxyl groups is 1. The summed E-state index contributed by atoms with van der Waals surface area (Å²) in [6.07, 6.45) is 1.87. The zero-order valence-electron chi connectivity index (χ0n) is 11.4. The van der Waals surface area contributed by atoms with Crippen molar-refractivity contribution >= 4 is 11.8 Å². The average molecular weight is 264 g/mol. The van der Waals surface area contributed by atoms with E-state index in [1.807, 2.05) is 12.1 Å². The van der Waals surface area contributed by atoms with Crippen molar-refractivity contribution in [2.24, 2.45) is 0 Å². The summed E-state index contributed by atoms with van der Waals surface area (Å²) in [7, 11) is 1.34. The average Bonchev–Trinajstić information content (AvgIpc) is 2.42. The Morgan fingerprint density at radius 1 is 1.32 bits per heavy atom. The molecule has 1 rings (SSSR count). The lowest BCUT2D eigenvalue weighted by atomic mass is 9.90. The van der Waals surface area contributed by atoms with Crippen LogP contribution in [-0.2, 0) is 9.53 Å². The van der Waals surface area contributed by atoms with Gasteiger partial charge in [-0.15, -0.1) is 0 Å². The van der Waals surface area contributed by atoms with Gasteiger partial charge in [0.15, 0.2) is 0 Å². The highest BCUT2D eigenvalue weighted by molar-refractivity contribution is 5.91. The fourth-order valence-electron chi connectivity index (χ4n) is 2.09. The van der Waals surface area contributed by atoms with E-state index in [-0.39, 0.29) is 18.3 Å². The van der Waals surface area contributed by atoms with Crippen molar-refractivity contribution < 1.29 is 19.4 Å². The van der Waals surface area contributed by atoms with Crippen LogP contribution in [0.15, 0.2) is 24.3 Å². The first-order valence-corrected chi connectivity index (χ1v) is 6.37. The van der Waals surface area contributed by atoms with Crippen molar-refractivity contribution in [1.29, 1.82) is 0 Å². The number of rotatable bonds is 7. The number of aliphatic hydroxyl groups excluding tert-OH is 1. The number of esters is 1. The second kappa shape index (κ2) is 7.69. The van der Waals surface area contributed by atoms with Crippen LogP contribution in [0.5, 0.6) is 0 Å². The fourth-order valence-corrected chi connectivity index (χ4v) is 2.09. The third-order valence-corrected chi connectivity index (χ3v) is 3.11. The monoisotopic (exact) mass is 264 g/mol. The summed E-state index contributed by atoms with van der Waals surface area (Å²) in [5.74, 6) is -0.409. The molecule has 0 aromatic heterocycles. The lowest BCUT2D eigenvalue weighted by molar-refractivity contribution is -0.117. The molecule has 0 spiro atoms. The first-order chi connectivity index (χ1) is 9.10. The Hall–Kier alpha value is -1.68. The number of hydrogen-bond acceptors (Lipinski definition) is 4. The number of ketones is 1. The smallest absolute Gasteiger partial charge is 0.338 e. The predicted molar refractivity (Wildman–Crippen MR) is 72.1 cm³/mol. The highest BCUT2D eigenvalue weighted by Crippen LogP contribution is 2.25. The van der Waals surface area contributed by atoms with E-state index in [4.69, 9.17) is 4.74 Å². The van der Waals surface area contributed by atoms with E-state index in [0.29, 0.717) is 24.8 Å². The van der Waals surface area contributed by atoms with Gasteiger partial charge in [0.1, 0.15) is 5.78 Å². The van der Waals surface area contributed by atoms with E-state index in [2.05, 4.69) is 0 Å². The van der Waals surface area contributed by atoms with E-state index in [1.54, 1.807) is 19.1 Å². The summed E-state index contributed by atoms with van der Waals surface area (Å²) < 4.78 is 4.74. The summed E-state index contributed by atoms with van der Waals surface area (Å²) in [4.78, 5) is 22.6. The molecular formula is C15H20O4. The highest BCUT2D eigenvalue weighted by Gasteiger charge is 2.18. The third kappa shape index (κ3) is 4.48. The second-order valence-electron chi connectivity index (χ2n) is 4.55.